The van der Waals surface area contributed by atoms with Crippen LogP contribution in [-0.2, 0) is 11.2 Å². The van der Waals surface area contributed by atoms with Gasteiger partial charge in [-0.25, -0.2) is 9.97 Å². The van der Waals surface area contributed by atoms with Gasteiger partial charge in [-0.1, -0.05) is 22.0 Å². The van der Waals surface area contributed by atoms with E-state index >= 15 is 0 Å². The second kappa shape index (κ2) is 5.73. The van der Waals surface area contributed by atoms with Gasteiger partial charge in [0.2, 0.25) is 5.91 Å². The number of carbonyl (C=O) groups excluding carboxylic acids is 1. The zero-order chi connectivity index (χ0) is 13.0. The Labute approximate surface area is 113 Å². The van der Waals surface area contributed by atoms with E-state index < -0.39 is 0 Å². The van der Waals surface area contributed by atoms with E-state index in [1.165, 1.54) is 6.33 Å². The Morgan fingerprint density at radius 2 is 1.94 bits per heavy atom. The number of carbonyl (C=O) groups is 1. The molecule has 0 fully saturated rings. The molecule has 0 aliphatic carbocycles. The molecule has 0 saturated carbocycles. The third-order valence-electron chi connectivity index (χ3n) is 2.58. The van der Waals surface area contributed by atoms with Crippen molar-refractivity contribution in [3.63, 3.8) is 0 Å². The predicted octanol–water partition coefficient (Wildman–Crippen LogP) is 2.32. The van der Waals surface area contributed by atoms with E-state index in [2.05, 4.69) is 25.9 Å². The van der Waals surface area contributed by atoms with Gasteiger partial charge in [-0.3, -0.25) is 4.79 Å². The minimum absolute atomic E-state index is 0.296. The number of nitrogens with two attached hydrogens (primary N) is 1. The Kier molecular flexibility index (Phi) is 4.04. The maximum Gasteiger partial charge on any atom is 0.217 e. The first kappa shape index (κ1) is 12.7. The highest BCUT2D eigenvalue weighted by Gasteiger charge is 2.05. The number of aromatic nitrogens is 2. The molecule has 0 radical (unpaired) electrons. The Bertz CT molecular complexity index is 557. The summed E-state index contributed by atoms with van der Waals surface area (Å²) in [5.41, 5.74) is 8.19. The van der Waals surface area contributed by atoms with Gasteiger partial charge in [0.15, 0.2) is 0 Å². The fraction of sp³-hybridized carbons (Fsp3) is 0.154. The van der Waals surface area contributed by atoms with Crippen molar-refractivity contribution in [1.29, 1.82) is 0 Å². The van der Waals surface area contributed by atoms with Crippen molar-refractivity contribution in [3.8, 4) is 11.1 Å². The van der Waals surface area contributed by atoms with Gasteiger partial charge in [-0.05, 0) is 29.7 Å². The zero-order valence-corrected chi connectivity index (χ0v) is 11.2. The van der Waals surface area contributed by atoms with Crippen molar-refractivity contribution in [2.24, 2.45) is 5.73 Å². The van der Waals surface area contributed by atoms with Gasteiger partial charge in [0.1, 0.15) is 6.33 Å². The molecule has 2 N–H and O–H groups in total. The normalized spacial score (nSPS) is 10.3. The fourth-order valence-electron chi connectivity index (χ4n) is 1.65. The first-order valence-electron chi connectivity index (χ1n) is 5.49. The van der Waals surface area contributed by atoms with E-state index in [9.17, 15) is 4.79 Å². The molecular weight excluding hydrogens is 294 g/mol. The van der Waals surface area contributed by atoms with Crippen LogP contribution in [0, 0.1) is 0 Å². The van der Waals surface area contributed by atoms with Crippen molar-refractivity contribution in [1.82, 2.24) is 9.97 Å². The SMILES string of the molecule is NC(=O)CCc1cc(-c2cncnc2)ccc1Br. The highest BCUT2D eigenvalue weighted by atomic mass is 79.9. The number of aryl methyl sites for hydroxylation is 1. The summed E-state index contributed by atoms with van der Waals surface area (Å²) in [7, 11) is 0. The van der Waals surface area contributed by atoms with Gasteiger partial charge in [-0.15, -0.1) is 0 Å². The molecule has 0 unspecified atom stereocenters. The molecule has 92 valence electrons. The van der Waals surface area contributed by atoms with Crippen LogP contribution in [-0.4, -0.2) is 15.9 Å². The highest BCUT2D eigenvalue weighted by Crippen LogP contribution is 2.25. The lowest BCUT2D eigenvalue weighted by molar-refractivity contribution is -0.117. The number of hydrogen-bond acceptors (Lipinski definition) is 3. The number of nitrogens with zero attached hydrogens (tertiary/aromatic N) is 2. The van der Waals surface area contributed by atoms with Crippen LogP contribution in [0.25, 0.3) is 11.1 Å². The monoisotopic (exact) mass is 305 g/mol. The molecule has 0 atom stereocenters. The molecule has 0 spiro atoms. The number of halogens is 1. The van der Waals surface area contributed by atoms with Gasteiger partial charge >= 0.3 is 0 Å². The first-order valence-corrected chi connectivity index (χ1v) is 6.28. The molecule has 0 aliphatic heterocycles. The van der Waals surface area contributed by atoms with Crippen LogP contribution in [0.1, 0.15) is 12.0 Å². The van der Waals surface area contributed by atoms with E-state index in [1.54, 1.807) is 12.4 Å². The molecule has 5 heteroatoms. The maximum atomic E-state index is 10.8. The second-order valence-electron chi connectivity index (χ2n) is 3.90. The molecule has 2 rings (SSSR count). The zero-order valence-electron chi connectivity index (χ0n) is 9.64. The van der Waals surface area contributed by atoms with Crippen LogP contribution in [0.4, 0.5) is 0 Å². The molecular formula is C13H12BrN3O. The van der Waals surface area contributed by atoms with Crippen molar-refractivity contribution >= 4 is 21.8 Å². The van der Waals surface area contributed by atoms with Crippen LogP contribution in [0.5, 0.6) is 0 Å². The largest absolute Gasteiger partial charge is 0.370 e. The van der Waals surface area contributed by atoms with Gasteiger partial charge in [0.05, 0.1) is 0 Å². The first-order chi connectivity index (χ1) is 8.66. The van der Waals surface area contributed by atoms with Crippen LogP contribution in [0.2, 0.25) is 0 Å². The lowest BCUT2D eigenvalue weighted by Crippen LogP contribution is -2.11. The van der Waals surface area contributed by atoms with Crippen LogP contribution >= 0.6 is 15.9 Å². The maximum absolute atomic E-state index is 10.8. The van der Waals surface area contributed by atoms with Gasteiger partial charge < -0.3 is 5.73 Å². The van der Waals surface area contributed by atoms with E-state index in [-0.39, 0.29) is 5.91 Å². The highest BCUT2D eigenvalue weighted by molar-refractivity contribution is 9.10. The third kappa shape index (κ3) is 3.13. The summed E-state index contributed by atoms with van der Waals surface area (Å²) in [6.07, 6.45) is 5.98. The van der Waals surface area contributed by atoms with Gasteiger partial charge in [0, 0.05) is 28.9 Å². The van der Waals surface area contributed by atoms with E-state index in [1.807, 2.05) is 18.2 Å². The molecule has 4 nitrogen and oxygen atoms in total. The molecule has 1 amide bonds. The number of hydrogen-bond donors (Lipinski definition) is 1. The Morgan fingerprint density at radius 1 is 1.22 bits per heavy atom. The van der Waals surface area contributed by atoms with E-state index in [0.717, 1.165) is 21.2 Å². The summed E-state index contributed by atoms with van der Waals surface area (Å²) in [5.74, 6) is -0.296. The summed E-state index contributed by atoms with van der Waals surface area (Å²) in [5, 5.41) is 0. The number of primary amides is 1. The average Bonchev–Trinajstić information content (AvgIpc) is 2.38. The van der Waals surface area contributed by atoms with Crippen LogP contribution in [0.15, 0.2) is 41.4 Å². The Morgan fingerprint density at radius 3 is 2.61 bits per heavy atom. The summed E-state index contributed by atoms with van der Waals surface area (Å²) < 4.78 is 0.976. The standard InChI is InChI=1S/C13H12BrN3O/c14-12-3-1-9(11-6-16-8-17-7-11)5-10(12)2-4-13(15)18/h1,3,5-8H,2,4H2,(H2,15,18). The molecule has 1 heterocycles. The molecule has 0 bridgehead atoms. The minimum Gasteiger partial charge on any atom is -0.370 e. The number of benzene rings is 1. The quantitative estimate of drug-likeness (QED) is 0.942. The summed E-state index contributed by atoms with van der Waals surface area (Å²) >= 11 is 3.47. The molecule has 1 aromatic carbocycles. The average molecular weight is 306 g/mol. The Balaban J connectivity index is 2.29. The molecule has 1 aromatic heterocycles. The van der Waals surface area contributed by atoms with Gasteiger partial charge in [-0.2, -0.15) is 0 Å². The lowest BCUT2D eigenvalue weighted by Gasteiger charge is -2.07. The lowest BCUT2D eigenvalue weighted by atomic mass is 10.0. The van der Waals surface area contributed by atoms with Crippen molar-refractivity contribution in [3.05, 3.63) is 47.0 Å². The van der Waals surface area contributed by atoms with Crippen molar-refractivity contribution < 1.29 is 4.79 Å². The molecule has 18 heavy (non-hydrogen) atoms. The minimum atomic E-state index is -0.296. The number of rotatable bonds is 4. The molecule has 0 aliphatic rings. The molecule has 0 saturated heterocycles. The van der Waals surface area contributed by atoms with Crippen LogP contribution in [0.3, 0.4) is 0 Å². The topological polar surface area (TPSA) is 68.9 Å². The Hall–Kier alpha value is -1.75. The third-order valence-corrected chi connectivity index (χ3v) is 3.35. The predicted molar refractivity (Wildman–Crippen MR) is 72.7 cm³/mol. The van der Waals surface area contributed by atoms with Crippen molar-refractivity contribution in [2.75, 3.05) is 0 Å². The number of amides is 1. The van der Waals surface area contributed by atoms with Crippen molar-refractivity contribution in [2.45, 2.75) is 12.8 Å². The fourth-order valence-corrected chi connectivity index (χ4v) is 2.10. The summed E-state index contributed by atoms with van der Waals surface area (Å²) in [6.45, 7) is 0. The second-order valence-corrected chi connectivity index (χ2v) is 4.75. The summed E-state index contributed by atoms with van der Waals surface area (Å²) in [6, 6.07) is 5.96. The summed E-state index contributed by atoms with van der Waals surface area (Å²) in [4.78, 5) is 18.8. The van der Waals surface area contributed by atoms with Crippen LogP contribution < -0.4 is 5.73 Å². The molecule has 2 aromatic rings. The van der Waals surface area contributed by atoms with Gasteiger partial charge in [0.25, 0.3) is 0 Å². The smallest absolute Gasteiger partial charge is 0.217 e. The van der Waals surface area contributed by atoms with E-state index in [4.69, 9.17) is 5.73 Å². The van der Waals surface area contributed by atoms with E-state index in [0.29, 0.717) is 12.8 Å².